The van der Waals surface area contributed by atoms with Crippen molar-refractivity contribution in [2.45, 2.75) is 46.6 Å². The molecule has 150 valence electrons. The van der Waals surface area contributed by atoms with Crippen LogP contribution in [-0.4, -0.2) is 17.9 Å². The van der Waals surface area contributed by atoms with Gasteiger partial charge >= 0.3 is 0 Å². The zero-order valence-corrected chi connectivity index (χ0v) is 18.7. The highest BCUT2D eigenvalue weighted by molar-refractivity contribution is 9.10. The number of hydrogen-bond donors (Lipinski definition) is 2. The quantitative estimate of drug-likeness (QED) is 0.535. The second-order valence-electron chi connectivity index (χ2n) is 6.61. The molecule has 5 nitrogen and oxygen atoms in total. The third kappa shape index (κ3) is 5.97. The first kappa shape index (κ1) is 22.2. The number of halogens is 2. The molecule has 2 rings (SSSR count). The number of carbonyl (C=O) groups excluding carboxylic acids is 2. The van der Waals surface area contributed by atoms with Gasteiger partial charge in [-0.2, -0.15) is 0 Å². The summed E-state index contributed by atoms with van der Waals surface area (Å²) >= 11 is 9.65. The standard InChI is InChI=1S/C21H24BrClN2O3/c1-5-6-19(26)24-16-7-8-17(23)18(11-16)25-21(27)14(4)28-20-12(2)9-15(22)10-13(20)3/h7-11,14H,5-6H2,1-4H3,(H,24,26)(H,25,27). The number of aryl methyl sites for hydroxylation is 2. The van der Waals surface area contributed by atoms with E-state index in [2.05, 4.69) is 26.6 Å². The van der Waals surface area contributed by atoms with Gasteiger partial charge in [-0.1, -0.05) is 34.5 Å². The molecule has 7 heteroatoms. The van der Waals surface area contributed by atoms with Crippen LogP contribution in [0.25, 0.3) is 0 Å². The SMILES string of the molecule is CCCC(=O)Nc1ccc(Cl)c(NC(=O)C(C)Oc2c(C)cc(Br)cc2C)c1. The number of benzene rings is 2. The van der Waals surface area contributed by atoms with Gasteiger partial charge in [-0.25, -0.2) is 0 Å². The van der Waals surface area contributed by atoms with Crippen LogP contribution in [0.5, 0.6) is 5.75 Å². The van der Waals surface area contributed by atoms with E-state index in [4.69, 9.17) is 16.3 Å². The van der Waals surface area contributed by atoms with Gasteiger partial charge in [0, 0.05) is 16.6 Å². The monoisotopic (exact) mass is 466 g/mol. The van der Waals surface area contributed by atoms with Gasteiger partial charge in [0.1, 0.15) is 5.75 Å². The zero-order chi connectivity index (χ0) is 20.8. The van der Waals surface area contributed by atoms with Crippen LogP contribution in [0.3, 0.4) is 0 Å². The summed E-state index contributed by atoms with van der Waals surface area (Å²) in [5.74, 6) is 0.262. The summed E-state index contributed by atoms with van der Waals surface area (Å²) in [5, 5.41) is 5.94. The summed E-state index contributed by atoms with van der Waals surface area (Å²) in [6.07, 6.45) is 0.460. The van der Waals surface area contributed by atoms with Crippen LogP contribution in [0, 0.1) is 13.8 Å². The Morgan fingerprint density at radius 1 is 1.14 bits per heavy atom. The lowest BCUT2D eigenvalue weighted by molar-refractivity contribution is -0.122. The summed E-state index contributed by atoms with van der Waals surface area (Å²) < 4.78 is 6.84. The lowest BCUT2D eigenvalue weighted by Gasteiger charge is -2.19. The molecular weight excluding hydrogens is 444 g/mol. The Hall–Kier alpha value is -2.05. The van der Waals surface area contributed by atoms with Crippen LogP contribution in [0.4, 0.5) is 11.4 Å². The molecule has 0 aliphatic carbocycles. The highest BCUT2D eigenvalue weighted by Crippen LogP contribution is 2.29. The smallest absolute Gasteiger partial charge is 0.265 e. The van der Waals surface area contributed by atoms with Crippen LogP contribution in [-0.2, 0) is 9.59 Å². The Morgan fingerprint density at radius 3 is 2.39 bits per heavy atom. The Labute approximate surface area is 178 Å². The van der Waals surface area contributed by atoms with Gasteiger partial charge in [0.2, 0.25) is 5.91 Å². The fourth-order valence-electron chi connectivity index (χ4n) is 2.70. The van der Waals surface area contributed by atoms with E-state index in [0.29, 0.717) is 28.6 Å². The second-order valence-corrected chi connectivity index (χ2v) is 7.93. The van der Waals surface area contributed by atoms with Crippen molar-refractivity contribution in [3.8, 4) is 5.75 Å². The first-order valence-electron chi connectivity index (χ1n) is 9.05. The average molecular weight is 468 g/mol. The molecule has 0 aromatic heterocycles. The number of carbonyl (C=O) groups is 2. The van der Waals surface area contributed by atoms with Crippen molar-refractivity contribution in [1.29, 1.82) is 0 Å². The van der Waals surface area contributed by atoms with Crippen LogP contribution in [0.2, 0.25) is 5.02 Å². The largest absolute Gasteiger partial charge is 0.480 e. The summed E-state index contributed by atoms with van der Waals surface area (Å²) in [5.41, 5.74) is 2.86. The first-order chi connectivity index (χ1) is 13.2. The van der Waals surface area contributed by atoms with E-state index in [1.165, 1.54) is 0 Å². The number of nitrogens with one attached hydrogen (secondary N) is 2. The van der Waals surface area contributed by atoms with Gasteiger partial charge < -0.3 is 15.4 Å². The van der Waals surface area contributed by atoms with E-state index in [-0.39, 0.29) is 11.8 Å². The molecule has 1 atom stereocenters. The molecule has 28 heavy (non-hydrogen) atoms. The predicted molar refractivity (Wildman–Crippen MR) is 117 cm³/mol. The summed E-state index contributed by atoms with van der Waals surface area (Å²) in [6, 6.07) is 8.84. The molecule has 0 radical (unpaired) electrons. The van der Waals surface area contributed by atoms with Gasteiger partial charge in [-0.05, 0) is 68.7 Å². The second kappa shape index (κ2) is 9.94. The lowest BCUT2D eigenvalue weighted by atomic mass is 10.1. The minimum atomic E-state index is -0.729. The zero-order valence-electron chi connectivity index (χ0n) is 16.4. The maximum atomic E-state index is 12.6. The Balaban J connectivity index is 2.10. The Bertz CT molecular complexity index is 863. The number of amides is 2. The summed E-state index contributed by atoms with van der Waals surface area (Å²) in [7, 11) is 0. The van der Waals surface area contributed by atoms with E-state index in [9.17, 15) is 9.59 Å². The van der Waals surface area contributed by atoms with Crippen LogP contribution in [0.1, 0.15) is 37.8 Å². The molecule has 2 amide bonds. The average Bonchev–Trinajstić information content (AvgIpc) is 2.60. The van der Waals surface area contributed by atoms with Gasteiger partial charge in [0.15, 0.2) is 6.10 Å². The van der Waals surface area contributed by atoms with Crippen LogP contribution >= 0.6 is 27.5 Å². The highest BCUT2D eigenvalue weighted by atomic mass is 79.9. The molecule has 2 N–H and O–H groups in total. The van der Waals surface area contributed by atoms with E-state index in [0.717, 1.165) is 22.0 Å². The molecule has 0 aliphatic rings. The molecule has 0 fully saturated rings. The molecule has 1 unspecified atom stereocenters. The van der Waals surface area contributed by atoms with Gasteiger partial charge in [0.25, 0.3) is 5.91 Å². The number of anilines is 2. The first-order valence-corrected chi connectivity index (χ1v) is 10.2. The van der Waals surface area contributed by atoms with Gasteiger partial charge in [0.05, 0.1) is 10.7 Å². The van der Waals surface area contributed by atoms with Crippen molar-refractivity contribution in [2.75, 3.05) is 10.6 Å². The van der Waals surface area contributed by atoms with E-state index in [1.807, 2.05) is 32.9 Å². The highest BCUT2D eigenvalue weighted by Gasteiger charge is 2.19. The van der Waals surface area contributed by atoms with Crippen molar-refractivity contribution < 1.29 is 14.3 Å². The van der Waals surface area contributed by atoms with E-state index < -0.39 is 6.10 Å². The fraction of sp³-hybridized carbons (Fsp3) is 0.333. The predicted octanol–water partition coefficient (Wildman–Crippen LogP) is 5.86. The number of rotatable bonds is 7. The third-order valence-electron chi connectivity index (χ3n) is 4.07. The van der Waals surface area contributed by atoms with Crippen LogP contribution in [0.15, 0.2) is 34.8 Å². The molecule has 0 saturated heterocycles. The Kier molecular flexibility index (Phi) is 7.89. The molecule has 0 spiro atoms. The topological polar surface area (TPSA) is 67.4 Å². The molecule has 0 heterocycles. The third-order valence-corrected chi connectivity index (χ3v) is 4.86. The van der Waals surface area contributed by atoms with Crippen molar-refractivity contribution in [2.24, 2.45) is 0 Å². The minimum absolute atomic E-state index is 0.0833. The lowest BCUT2D eigenvalue weighted by Crippen LogP contribution is -2.30. The molecule has 0 saturated carbocycles. The van der Waals surface area contributed by atoms with Crippen molar-refractivity contribution in [1.82, 2.24) is 0 Å². The molecule has 2 aromatic carbocycles. The van der Waals surface area contributed by atoms with Crippen molar-refractivity contribution >= 4 is 50.7 Å². The Morgan fingerprint density at radius 2 is 1.79 bits per heavy atom. The molecule has 0 aliphatic heterocycles. The molecular formula is C21H24BrClN2O3. The number of hydrogen-bond acceptors (Lipinski definition) is 3. The fourth-order valence-corrected chi connectivity index (χ4v) is 3.55. The van der Waals surface area contributed by atoms with Crippen molar-refractivity contribution in [3.63, 3.8) is 0 Å². The van der Waals surface area contributed by atoms with Crippen molar-refractivity contribution in [3.05, 3.63) is 51.0 Å². The normalized spacial score (nSPS) is 11.6. The maximum absolute atomic E-state index is 12.6. The number of ether oxygens (including phenoxy) is 1. The van der Waals surface area contributed by atoms with E-state index >= 15 is 0 Å². The molecule has 2 aromatic rings. The van der Waals surface area contributed by atoms with Crippen LogP contribution < -0.4 is 15.4 Å². The maximum Gasteiger partial charge on any atom is 0.265 e. The minimum Gasteiger partial charge on any atom is -0.480 e. The van der Waals surface area contributed by atoms with E-state index in [1.54, 1.807) is 25.1 Å². The summed E-state index contributed by atoms with van der Waals surface area (Å²) in [4.78, 5) is 24.4. The molecule has 0 bridgehead atoms. The summed E-state index contributed by atoms with van der Waals surface area (Å²) in [6.45, 7) is 7.47. The van der Waals surface area contributed by atoms with Gasteiger partial charge in [-0.15, -0.1) is 0 Å². The van der Waals surface area contributed by atoms with Gasteiger partial charge in [-0.3, -0.25) is 9.59 Å².